The van der Waals surface area contributed by atoms with Crippen LogP contribution in [0.3, 0.4) is 0 Å². The Hall–Kier alpha value is -1.51. The van der Waals surface area contributed by atoms with Crippen molar-refractivity contribution in [1.82, 2.24) is 5.32 Å². The second-order valence-electron chi connectivity index (χ2n) is 4.04. The van der Waals surface area contributed by atoms with Crippen LogP contribution in [0.1, 0.15) is 20.8 Å². The van der Waals surface area contributed by atoms with E-state index >= 15 is 0 Å². The number of carbonyl (C=O) groups is 1. The Kier molecular flexibility index (Phi) is 5.66. The molecule has 1 heterocycles. The van der Waals surface area contributed by atoms with Gasteiger partial charge in [0.15, 0.2) is 0 Å². The minimum absolute atomic E-state index is 0.284. The van der Waals surface area contributed by atoms with Crippen LogP contribution in [0.15, 0.2) is 29.6 Å². The standard InChI is InChI=1S/C15H12Cl2N2OS/c16-11-4-1-5-12(17)14(11)15(20)19-9-13-10(3-2-7-18)6-8-21-13/h1,4-6,8H,7,9,18H2,(H,19,20). The lowest BCUT2D eigenvalue weighted by molar-refractivity contribution is 0.0951. The Morgan fingerprint density at radius 3 is 2.67 bits per heavy atom. The van der Waals surface area contributed by atoms with Gasteiger partial charge in [-0.1, -0.05) is 41.1 Å². The van der Waals surface area contributed by atoms with Crippen molar-refractivity contribution in [3.63, 3.8) is 0 Å². The smallest absolute Gasteiger partial charge is 0.254 e. The number of rotatable bonds is 3. The molecule has 0 saturated heterocycles. The zero-order chi connectivity index (χ0) is 15.2. The molecule has 0 radical (unpaired) electrons. The number of nitrogens with two attached hydrogens (primary N) is 1. The highest BCUT2D eigenvalue weighted by molar-refractivity contribution is 7.10. The van der Waals surface area contributed by atoms with Crippen LogP contribution in [0.4, 0.5) is 0 Å². The molecule has 21 heavy (non-hydrogen) atoms. The van der Waals surface area contributed by atoms with E-state index in [1.807, 2.05) is 11.4 Å². The first-order valence-electron chi connectivity index (χ1n) is 6.11. The quantitative estimate of drug-likeness (QED) is 0.843. The van der Waals surface area contributed by atoms with E-state index in [0.29, 0.717) is 23.1 Å². The fourth-order valence-electron chi connectivity index (χ4n) is 1.70. The fraction of sp³-hybridized carbons (Fsp3) is 0.133. The van der Waals surface area contributed by atoms with Gasteiger partial charge in [-0.2, -0.15) is 0 Å². The molecule has 2 aromatic rings. The molecule has 1 amide bonds. The molecule has 0 atom stereocenters. The average Bonchev–Trinajstić information content (AvgIpc) is 2.90. The first-order valence-corrected chi connectivity index (χ1v) is 7.74. The van der Waals surface area contributed by atoms with E-state index in [1.54, 1.807) is 18.2 Å². The third-order valence-corrected chi connectivity index (χ3v) is 4.22. The lowest BCUT2D eigenvalue weighted by Crippen LogP contribution is -2.23. The van der Waals surface area contributed by atoms with Crippen molar-refractivity contribution in [2.45, 2.75) is 6.54 Å². The molecule has 0 aliphatic heterocycles. The van der Waals surface area contributed by atoms with Gasteiger partial charge in [0.05, 0.1) is 28.7 Å². The summed E-state index contributed by atoms with van der Waals surface area (Å²) in [5.74, 6) is 5.46. The highest BCUT2D eigenvalue weighted by atomic mass is 35.5. The van der Waals surface area contributed by atoms with Crippen LogP contribution in [0.5, 0.6) is 0 Å². The van der Waals surface area contributed by atoms with Crippen molar-refractivity contribution in [2.24, 2.45) is 5.73 Å². The van der Waals surface area contributed by atoms with Crippen molar-refractivity contribution in [1.29, 1.82) is 0 Å². The number of hydrogen-bond donors (Lipinski definition) is 2. The van der Waals surface area contributed by atoms with Crippen LogP contribution in [-0.4, -0.2) is 12.5 Å². The van der Waals surface area contributed by atoms with Gasteiger partial charge in [0.2, 0.25) is 0 Å². The molecule has 3 N–H and O–H groups in total. The Morgan fingerprint density at radius 1 is 1.29 bits per heavy atom. The number of nitrogens with one attached hydrogen (secondary N) is 1. The molecule has 1 aromatic heterocycles. The van der Waals surface area contributed by atoms with Crippen LogP contribution in [0.25, 0.3) is 0 Å². The minimum atomic E-state index is -0.309. The van der Waals surface area contributed by atoms with Gasteiger partial charge in [-0.25, -0.2) is 0 Å². The highest BCUT2D eigenvalue weighted by Crippen LogP contribution is 2.24. The fourth-order valence-corrected chi connectivity index (χ4v) is 3.04. The van der Waals surface area contributed by atoms with E-state index in [2.05, 4.69) is 17.2 Å². The highest BCUT2D eigenvalue weighted by Gasteiger charge is 2.14. The molecular weight excluding hydrogens is 327 g/mol. The van der Waals surface area contributed by atoms with Gasteiger partial charge >= 0.3 is 0 Å². The molecule has 0 unspecified atom stereocenters. The van der Waals surface area contributed by atoms with Crippen molar-refractivity contribution >= 4 is 40.4 Å². The molecular formula is C15H12Cl2N2OS. The molecule has 3 nitrogen and oxygen atoms in total. The molecule has 6 heteroatoms. The van der Waals surface area contributed by atoms with E-state index in [1.165, 1.54) is 11.3 Å². The van der Waals surface area contributed by atoms with E-state index in [9.17, 15) is 4.79 Å². The summed E-state index contributed by atoms with van der Waals surface area (Å²) in [6, 6.07) is 6.86. The van der Waals surface area contributed by atoms with E-state index in [4.69, 9.17) is 28.9 Å². The summed E-state index contributed by atoms with van der Waals surface area (Å²) in [6.45, 7) is 0.670. The number of carbonyl (C=O) groups excluding carboxylic acids is 1. The summed E-state index contributed by atoms with van der Waals surface area (Å²) in [4.78, 5) is 13.1. The molecule has 108 valence electrons. The summed E-state index contributed by atoms with van der Waals surface area (Å²) < 4.78 is 0. The number of amides is 1. The molecule has 1 aromatic carbocycles. The molecule has 0 spiro atoms. The first-order chi connectivity index (χ1) is 10.1. The largest absolute Gasteiger partial charge is 0.347 e. The number of hydrogen-bond acceptors (Lipinski definition) is 3. The van der Waals surface area contributed by atoms with Gasteiger partial charge in [0.25, 0.3) is 5.91 Å². The molecule has 0 aliphatic rings. The van der Waals surface area contributed by atoms with E-state index in [0.717, 1.165) is 10.4 Å². The van der Waals surface area contributed by atoms with Crippen LogP contribution in [0, 0.1) is 11.8 Å². The zero-order valence-electron chi connectivity index (χ0n) is 11.0. The summed E-state index contributed by atoms with van der Waals surface area (Å²) in [7, 11) is 0. The maximum absolute atomic E-state index is 12.2. The van der Waals surface area contributed by atoms with Crippen molar-refractivity contribution in [3.8, 4) is 11.8 Å². The van der Waals surface area contributed by atoms with Crippen molar-refractivity contribution in [2.75, 3.05) is 6.54 Å². The molecule has 2 rings (SSSR count). The predicted octanol–water partition coefficient (Wildman–Crippen LogP) is 3.30. The van der Waals surface area contributed by atoms with Crippen molar-refractivity contribution in [3.05, 3.63) is 55.7 Å². The van der Waals surface area contributed by atoms with Gasteiger partial charge in [-0.3, -0.25) is 4.79 Å². The van der Waals surface area contributed by atoms with Gasteiger partial charge < -0.3 is 11.1 Å². The third-order valence-electron chi connectivity index (χ3n) is 2.67. The lowest BCUT2D eigenvalue weighted by Gasteiger charge is -2.07. The molecule has 0 aliphatic carbocycles. The predicted molar refractivity (Wildman–Crippen MR) is 87.9 cm³/mol. The molecule has 0 fully saturated rings. The molecule has 0 saturated carbocycles. The Labute approximate surface area is 137 Å². The molecule has 0 bridgehead atoms. The Balaban J connectivity index is 2.10. The van der Waals surface area contributed by atoms with Gasteiger partial charge in [-0.05, 0) is 23.6 Å². The van der Waals surface area contributed by atoms with Crippen LogP contribution in [-0.2, 0) is 6.54 Å². The number of halogens is 2. The van der Waals surface area contributed by atoms with Crippen molar-refractivity contribution < 1.29 is 4.79 Å². The normalized spacial score (nSPS) is 9.86. The SMILES string of the molecule is NCC#Cc1ccsc1CNC(=O)c1c(Cl)cccc1Cl. The lowest BCUT2D eigenvalue weighted by atomic mass is 10.2. The average molecular weight is 339 g/mol. The van der Waals surface area contributed by atoms with Gasteiger partial charge in [-0.15, -0.1) is 11.3 Å². The summed E-state index contributed by atoms with van der Waals surface area (Å²) >= 11 is 13.5. The Morgan fingerprint density at radius 2 is 2.00 bits per heavy atom. The van der Waals surface area contributed by atoms with Crippen LogP contribution < -0.4 is 11.1 Å². The maximum atomic E-state index is 12.2. The second-order valence-corrected chi connectivity index (χ2v) is 5.86. The van der Waals surface area contributed by atoms with E-state index < -0.39 is 0 Å². The summed E-state index contributed by atoms with van der Waals surface area (Å²) in [6.07, 6.45) is 0. The first kappa shape index (κ1) is 15.9. The number of benzene rings is 1. The van der Waals surface area contributed by atoms with Crippen LogP contribution in [0.2, 0.25) is 10.0 Å². The summed E-state index contributed by atoms with van der Waals surface area (Å²) in [5, 5.41) is 5.38. The van der Waals surface area contributed by atoms with Crippen LogP contribution >= 0.6 is 34.5 Å². The monoisotopic (exact) mass is 338 g/mol. The second kappa shape index (κ2) is 7.48. The van der Waals surface area contributed by atoms with Gasteiger partial charge in [0, 0.05) is 10.4 Å². The maximum Gasteiger partial charge on any atom is 0.254 e. The third kappa shape index (κ3) is 3.99. The zero-order valence-corrected chi connectivity index (χ0v) is 13.3. The Bertz CT molecular complexity index is 696. The van der Waals surface area contributed by atoms with Gasteiger partial charge in [0.1, 0.15) is 0 Å². The van der Waals surface area contributed by atoms with E-state index in [-0.39, 0.29) is 11.5 Å². The summed E-state index contributed by atoms with van der Waals surface area (Å²) in [5.41, 5.74) is 6.51. The minimum Gasteiger partial charge on any atom is -0.347 e. The number of thiophene rings is 1. The topological polar surface area (TPSA) is 55.1 Å².